The van der Waals surface area contributed by atoms with E-state index < -0.39 is 0 Å². The summed E-state index contributed by atoms with van der Waals surface area (Å²) in [5.41, 5.74) is 9.06. The Hall–Kier alpha value is -2.69. The minimum Gasteiger partial charge on any atom is -0.435 e. The van der Waals surface area contributed by atoms with Crippen LogP contribution in [0, 0.1) is 13.8 Å². The molecule has 100 valence electrons. The van der Waals surface area contributed by atoms with Gasteiger partial charge in [0.2, 0.25) is 5.88 Å². The number of pyridine rings is 1. The Morgan fingerprint density at radius 1 is 1.05 bits per heavy atom. The molecule has 0 saturated carbocycles. The largest absolute Gasteiger partial charge is 0.435 e. The highest BCUT2D eigenvalue weighted by Gasteiger charge is 2.08. The Bertz CT molecular complexity index is 786. The van der Waals surface area contributed by atoms with Crippen LogP contribution in [0.1, 0.15) is 11.4 Å². The van der Waals surface area contributed by atoms with Crippen molar-refractivity contribution in [3.05, 3.63) is 48.0 Å². The van der Waals surface area contributed by atoms with Crippen molar-refractivity contribution < 1.29 is 4.74 Å². The van der Waals surface area contributed by atoms with E-state index in [1.807, 2.05) is 26.0 Å². The highest BCUT2D eigenvalue weighted by atomic mass is 16.5. The number of fused-ring (bicyclic) bond motifs is 1. The second-order valence-electron chi connectivity index (χ2n) is 4.53. The van der Waals surface area contributed by atoms with Gasteiger partial charge in [0.25, 0.3) is 0 Å². The molecule has 3 aromatic rings. The molecule has 3 rings (SSSR count). The third kappa shape index (κ3) is 2.14. The maximum Gasteiger partial charge on any atom is 0.238 e. The van der Waals surface area contributed by atoms with E-state index in [2.05, 4.69) is 15.0 Å². The fourth-order valence-electron chi connectivity index (χ4n) is 1.93. The topological polar surface area (TPSA) is 73.9 Å². The van der Waals surface area contributed by atoms with E-state index in [4.69, 9.17) is 10.5 Å². The quantitative estimate of drug-likeness (QED) is 0.722. The first kappa shape index (κ1) is 12.3. The minimum absolute atomic E-state index is 0.449. The summed E-state index contributed by atoms with van der Waals surface area (Å²) in [4.78, 5) is 12.9. The van der Waals surface area contributed by atoms with Gasteiger partial charge in [0.15, 0.2) is 5.75 Å². The van der Waals surface area contributed by atoms with Gasteiger partial charge in [0, 0.05) is 17.3 Å². The zero-order valence-corrected chi connectivity index (χ0v) is 11.3. The molecule has 0 atom stereocenters. The average Bonchev–Trinajstić information content (AvgIpc) is 2.46. The van der Waals surface area contributed by atoms with E-state index in [1.54, 1.807) is 24.5 Å². The van der Waals surface area contributed by atoms with E-state index in [-0.39, 0.29) is 0 Å². The van der Waals surface area contributed by atoms with Crippen LogP contribution < -0.4 is 10.5 Å². The number of ether oxygens (including phenoxy) is 1. The molecular weight excluding hydrogens is 252 g/mol. The third-order valence-corrected chi connectivity index (χ3v) is 3.15. The van der Waals surface area contributed by atoms with Crippen molar-refractivity contribution >= 4 is 16.6 Å². The summed E-state index contributed by atoms with van der Waals surface area (Å²) in [5, 5.41) is 0.863. The molecule has 20 heavy (non-hydrogen) atoms. The number of aryl methyl sites for hydroxylation is 2. The number of hydrogen-bond donors (Lipinski definition) is 1. The molecule has 0 saturated heterocycles. The van der Waals surface area contributed by atoms with Crippen LogP contribution in [0.3, 0.4) is 0 Å². The van der Waals surface area contributed by atoms with Gasteiger partial charge in [-0.3, -0.25) is 9.97 Å². The van der Waals surface area contributed by atoms with Gasteiger partial charge in [-0.05, 0) is 38.1 Å². The van der Waals surface area contributed by atoms with Gasteiger partial charge in [-0.1, -0.05) is 0 Å². The van der Waals surface area contributed by atoms with Gasteiger partial charge >= 0.3 is 0 Å². The molecule has 0 aliphatic carbocycles. The highest BCUT2D eigenvalue weighted by Crippen LogP contribution is 2.30. The van der Waals surface area contributed by atoms with Gasteiger partial charge in [-0.25, -0.2) is 4.98 Å². The predicted molar refractivity (Wildman–Crippen MR) is 77.7 cm³/mol. The standard InChI is InChI=1S/C15H14N4O/c1-9-10(2)19-14(8-18-9)20-13-6-5-12(16)11-4-3-7-17-15(11)13/h3-8H,16H2,1-2H3. The lowest BCUT2D eigenvalue weighted by Gasteiger charge is -2.09. The molecule has 2 aromatic heterocycles. The first-order chi connectivity index (χ1) is 9.65. The van der Waals surface area contributed by atoms with Crippen molar-refractivity contribution in [3.63, 3.8) is 0 Å². The average molecular weight is 266 g/mol. The van der Waals surface area contributed by atoms with E-state index in [9.17, 15) is 0 Å². The Kier molecular flexibility index (Phi) is 2.95. The lowest BCUT2D eigenvalue weighted by molar-refractivity contribution is 0.462. The summed E-state index contributed by atoms with van der Waals surface area (Å²) in [6, 6.07) is 7.35. The smallest absolute Gasteiger partial charge is 0.238 e. The zero-order valence-electron chi connectivity index (χ0n) is 11.3. The first-order valence-electron chi connectivity index (χ1n) is 6.26. The second-order valence-corrected chi connectivity index (χ2v) is 4.53. The summed E-state index contributed by atoms with van der Waals surface area (Å²) in [5.74, 6) is 1.07. The minimum atomic E-state index is 0.449. The number of rotatable bonds is 2. The van der Waals surface area contributed by atoms with Crippen molar-refractivity contribution in [2.45, 2.75) is 13.8 Å². The molecule has 2 N–H and O–H groups in total. The number of benzene rings is 1. The summed E-state index contributed by atoms with van der Waals surface area (Å²) < 4.78 is 5.79. The van der Waals surface area contributed by atoms with E-state index in [0.717, 1.165) is 16.8 Å². The molecule has 0 radical (unpaired) electrons. The highest BCUT2D eigenvalue weighted by molar-refractivity contribution is 5.94. The molecule has 2 heterocycles. The van der Waals surface area contributed by atoms with Gasteiger partial charge < -0.3 is 10.5 Å². The molecule has 0 spiro atoms. The van der Waals surface area contributed by atoms with Gasteiger partial charge in [-0.2, -0.15) is 0 Å². The maximum atomic E-state index is 5.94. The number of hydrogen-bond acceptors (Lipinski definition) is 5. The molecule has 5 nitrogen and oxygen atoms in total. The van der Waals surface area contributed by atoms with Gasteiger partial charge in [-0.15, -0.1) is 0 Å². The van der Waals surface area contributed by atoms with E-state index in [0.29, 0.717) is 22.8 Å². The first-order valence-corrected chi connectivity index (χ1v) is 6.26. The van der Waals surface area contributed by atoms with Crippen LogP contribution in [0.2, 0.25) is 0 Å². The molecule has 0 unspecified atom stereocenters. The summed E-state index contributed by atoms with van der Waals surface area (Å²) in [7, 11) is 0. The fourth-order valence-corrected chi connectivity index (χ4v) is 1.93. The number of nitrogens with two attached hydrogens (primary N) is 1. The third-order valence-electron chi connectivity index (χ3n) is 3.15. The van der Waals surface area contributed by atoms with Gasteiger partial charge in [0.1, 0.15) is 5.52 Å². The van der Waals surface area contributed by atoms with Crippen molar-refractivity contribution in [2.75, 3.05) is 5.73 Å². The lowest BCUT2D eigenvalue weighted by Crippen LogP contribution is -1.97. The van der Waals surface area contributed by atoms with Crippen molar-refractivity contribution in [1.29, 1.82) is 0 Å². The Morgan fingerprint density at radius 2 is 1.90 bits per heavy atom. The Balaban J connectivity index is 2.06. The fraction of sp³-hybridized carbons (Fsp3) is 0.133. The number of aromatic nitrogens is 3. The molecule has 0 bridgehead atoms. The predicted octanol–water partition coefficient (Wildman–Crippen LogP) is 3.02. The Morgan fingerprint density at radius 3 is 2.70 bits per heavy atom. The number of nitrogen functional groups attached to an aromatic ring is 1. The molecule has 0 aliphatic heterocycles. The van der Waals surface area contributed by atoms with Gasteiger partial charge in [0.05, 0.1) is 17.6 Å². The number of nitrogens with zero attached hydrogens (tertiary/aromatic N) is 3. The lowest BCUT2D eigenvalue weighted by atomic mass is 10.2. The summed E-state index contributed by atoms with van der Waals surface area (Å²) in [6.07, 6.45) is 3.31. The van der Waals surface area contributed by atoms with E-state index >= 15 is 0 Å². The van der Waals surface area contributed by atoms with E-state index in [1.165, 1.54) is 0 Å². The molecule has 1 aromatic carbocycles. The van der Waals surface area contributed by atoms with Crippen LogP contribution in [0.15, 0.2) is 36.7 Å². The summed E-state index contributed by atoms with van der Waals surface area (Å²) in [6.45, 7) is 3.81. The van der Waals surface area contributed by atoms with Crippen LogP contribution in [-0.4, -0.2) is 15.0 Å². The van der Waals surface area contributed by atoms with Crippen LogP contribution in [0.4, 0.5) is 5.69 Å². The zero-order chi connectivity index (χ0) is 14.1. The molecule has 5 heteroatoms. The molecule has 0 aliphatic rings. The summed E-state index contributed by atoms with van der Waals surface area (Å²) >= 11 is 0. The van der Waals surface area contributed by atoms with Crippen LogP contribution in [0.5, 0.6) is 11.6 Å². The SMILES string of the molecule is Cc1ncc(Oc2ccc(N)c3cccnc23)nc1C. The van der Waals surface area contributed by atoms with Crippen molar-refractivity contribution in [3.8, 4) is 11.6 Å². The van der Waals surface area contributed by atoms with Crippen LogP contribution in [-0.2, 0) is 0 Å². The van der Waals surface area contributed by atoms with Crippen LogP contribution >= 0.6 is 0 Å². The number of anilines is 1. The van der Waals surface area contributed by atoms with Crippen molar-refractivity contribution in [2.24, 2.45) is 0 Å². The second kappa shape index (κ2) is 4.77. The normalized spacial score (nSPS) is 10.7. The molecule has 0 amide bonds. The maximum absolute atomic E-state index is 5.94. The molecule has 0 fully saturated rings. The monoisotopic (exact) mass is 266 g/mol. The Labute approximate surface area is 116 Å². The van der Waals surface area contributed by atoms with Crippen molar-refractivity contribution in [1.82, 2.24) is 15.0 Å². The molecular formula is C15H14N4O. The van der Waals surface area contributed by atoms with Crippen LogP contribution in [0.25, 0.3) is 10.9 Å².